The second-order valence-electron chi connectivity index (χ2n) is 6.92. The summed E-state index contributed by atoms with van der Waals surface area (Å²) in [6.07, 6.45) is 2.85. The molecule has 0 unspecified atom stereocenters. The average molecular weight is 379 g/mol. The highest BCUT2D eigenvalue weighted by atomic mass is 16.7. The summed E-state index contributed by atoms with van der Waals surface area (Å²) >= 11 is 0. The first kappa shape index (κ1) is 18.1. The van der Waals surface area contributed by atoms with Crippen molar-refractivity contribution in [3.05, 3.63) is 59.7 Å². The molecular weight excluding hydrogens is 358 g/mol. The molecule has 2 aliphatic heterocycles. The fourth-order valence-electron chi connectivity index (χ4n) is 3.54. The Morgan fingerprint density at radius 2 is 1.96 bits per heavy atom. The van der Waals surface area contributed by atoms with E-state index in [0.29, 0.717) is 11.5 Å². The van der Waals surface area contributed by atoms with Crippen molar-refractivity contribution in [2.45, 2.75) is 32.4 Å². The van der Waals surface area contributed by atoms with Crippen molar-refractivity contribution >= 4 is 23.6 Å². The van der Waals surface area contributed by atoms with Crippen LogP contribution in [0.5, 0.6) is 11.5 Å². The Labute approximate surface area is 163 Å². The highest BCUT2D eigenvalue weighted by molar-refractivity contribution is 6.00. The van der Waals surface area contributed by atoms with Crippen LogP contribution in [-0.4, -0.2) is 30.8 Å². The minimum absolute atomic E-state index is 0.0372. The van der Waals surface area contributed by atoms with Gasteiger partial charge in [0.25, 0.3) is 5.91 Å². The lowest BCUT2D eigenvalue weighted by Gasteiger charge is -2.25. The lowest BCUT2D eigenvalue weighted by atomic mass is 10.1. The van der Waals surface area contributed by atoms with E-state index in [-0.39, 0.29) is 18.7 Å². The van der Waals surface area contributed by atoms with Gasteiger partial charge in [-0.15, -0.1) is 0 Å². The standard InChI is InChI=1S/C22H21NO5/c1-14-11-17-5-3-4-6-18(17)23(14)22(25)15(2)28-21(24)10-8-16-7-9-19-20(12-16)27-13-26-19/h3-10,12,14-15H,11,13H2,1-2H3/b10-8+/t14-,15+/m1/s1. The summed E-state index contributed by atoms with van der Waals surface area (Å²) in [7, 11) is 0. The third kappa shape index (κ3) is 3.45. The highest BCUT2D eigenvalue weighted by Gasteiger charge is 2.34. The van der Waals surface area contributed by atoms with Crippen LogP contribution in [0.25, 0.3) is 6.08 Å². The van der Waals surface area contributed by atoms with Gasteiger partial charge >= 0.3 is 5.97 Å². The Hall–Kier alpha value is -3.28. The van der Waals surface area contributed by atoms with Crippen LogP contribution in [-0.2, 0) is 20.7 Å². The molecule has 28 heavy (non-hydrogen) atoms. The zero-order valence-electron chi connectivity index (χ0n) is 15.8. The molecule has 0 bridgehead atoms. The van der Waals surface area contributed by atoms with Crippen LogP contribution in [0.3, 0.4) is 0 Å². The van der Waals surface area contributed by atoms with Gasteiger partial charge in [0, 0.05) is 17.8 Å². The van der Waals surface area contributed by atoms with E-state index >= 15 is 0 Å². The molecule has 2 aromatic rings. The van der Waals surface area contributed by atoms with Crippen LogP contribution >= 0.6 is 0 Å². The second kappa shape index (κ2) is 7.38. The summed E-state index contributed by atoms with van der Waals surface area (Å²) in [5.41, 5.74) is 2.80. The third-order valence-corrected chi connectivity index (χ3v) is 4.89. The molecule has 0 aliphatic carbocycles. The molecule has 0 spiro atoms. The molecule has 0 saturated carbocycles. The first-order valence-corrected chi connectivity index (χ1v) is 9.22. The summed E-state index contributed by atoms with van der Waals surface area (Å²) in [5.74, 6) is 0.528. The van der Waals surface area contributed by atoms with Gasteiger partial charge in [0.05, 0.1) is 0 Å². The summed E-state index contributed by atoms with van der Waals surface area (Å²) in [6.45, 7) is 3.79. The van der Waals surface area contributed by atoms with E-state index in [4.69, 9.17) is 14.2 Å². The van der Waals surface area contributed by atoms with E-state index in [9.17, 15) is 9.59 Å². The zero-order chi connectivity index (χ0) is 19.7. The average Bonchev–Trinajstić information content (AvgIpc) is 3.28. The van der Waals surface area contributed by atoms with Gasteiger partial charge in [-0.2, -0.15) is 0 Å². The topological polar surface area (TPSA) is 65.1 Å². The van der Waals surface area contributed by atoms with Crippen LogP contribution in [0.1, 0.15) is 25.0 Å². The molecule has 2 atom stereocenters. The first-order valence-electron chi connectivity index (χ1n) is 9.22. The third-order valence-electron chi connectivity index (χ3n) is 4.89. The van der Waals surface area contributed by atoms with Crippen molar-refractivity contribution in [2.24, 2.45) is 0 Å². The van der Waals surface area contributed by atoms with Gasteiger partial charge in [-0.1, -0.05) is 24.3 Å². The number of anilines is 1. The number of benzene rings is 2. The summed E-state index contributed by atoms with van der Waals surface area (Å²) in [4.78, 5) is 26.7. The van der Waals surface area contributed by atoms with Crippen molar-refractivity contribution in [1.82, 2.24) is 0 Å². The SMILES string of the molecule is C[C@H](OC(=O)/C=C/c1ccc2c(c1)OCO2)C(=O)N1c2ccccc2C[C@H]1C. The molecule has 0 saturated heterocycles. The van der Waals surface area contributed by atoms with Gasteiger partial charge in [-0.25, -0.2) is 4.79 Å². The number of hydrogen-bond donors (Lipinski definition) is 0. The van der Waals surface area contributed by atoms with E-state index in [1.54, 1.807) is 30.0 Å². The minimum Gasteiger partial charge on any atom is -0.454 e. The predicted molar refractivity (Wildman–Crippen MR) is 104 cm³/mol. The lowest BCUT2D eigenvalue weighted by Crippen LogP contribution is -2.43. The molecule has 4 rings (SSSR count). The normalized spacial score (nSPS) is 18.2. The van der Waals surface area contributed by atoms with Gasteiger partial charge in [0.15, 0.2) is 17.6 Å². The lowest BCUT2D eigenvalue weighted by molar-refractivity contribution is -0.149. The van der Waals surface area contributed by atoms with Gasteiger partial charge in [-0.05, 0) is 55.7 Å². The van der Waals surface area contributed by atoms with Crippen LogP contribution in [0.2, 0.25) is 0 Å². The Kier molecular flexibility index (Phi) is 4.77. The number of carbonyl (C=O) groups is 2. The number of amides is 1. The molecular formula is C22H21NO5. The van der Waals surface area contributed by atoms with E-state index in [1.165, 1.54) is 6.08 Å². The van der Waals surface area contributed by atoms with Crippen molar-refractivity contribution in [3.63, 3.8) is 0 Å². The van der Waals surface area contributed by atoms with Crippen LogP contribution < -0.4 is 14.4 Å². The summed E-state index contributed by atoms with van der Waals surface area (Å²) in [5, 5.41) is 0. The molecule has 0 fully saturated rings. The maximum Gasteiger partial charge on any atom is 0.331 e. The Bertz CT molecular complexity index is 952. The van der Waals surface area contributed by atoms with E-state index < -0.39 is 12.1 Å². The maximum absolute atomic E-state index is 12.9. The van der Waals surface area contributed by atoms with Gasteiger partial charge in [-0.3, -0.25) is 4.79 Å². The summed E-state index contributed by atoms with van der Waals surface area (Å²) < 4.78 is 15.9. The highest BCUT2D eigenvalue weighted by Crippen LogP contribution is 2.33. The number of carbonyl (C=O) groups excluding carboxylic acids is 2. The van der Waals surface area contributed by atoms with Crippen molar-refractivity contribution in [1.29, 1.82) is 0 Å². The molecule has 2 aliphatic rings. The van der Waals surface area contributed by atoms with Crippen LogP contribution in [0.4, 0.5) is 5.69 Å². The number of rotatable bonds is 4. The fraction of sp³-hybridized carbons (Fsp3) is 0.273. The number of para-hydroxylation sites is 1. The monoisotopic (exact) mass is 379 g/mol. The minimum atomic E-state index is -0.873. The van der Waals surface area contributed by atoms with Crippen LogP contribution in [0.15, 0.2) is 48.5 Å². The largest absolute Gasteiger partial charge is 0.454 e. The molecule has 2 aromatic carbocycles. The maximum atomic E-state index is 12.9. The van der Waals surface area contributed by atoms with Crippen molar-refractivity contribution in [3.8, 4) is 11.5 Å². The van der Waals surface area contributed by atoms with Gasteiger partial charge in [0.1, 0.15) is 0 Å². The predicted octanol–water partition coefficient (Wildman–Crippen LogP) is 3.34. The molecule has 0 N–H and O–H groups in total. The number of ether oxygens (including phenoxy) is 3. The molecule has 6 nitrogen and oxygen atoms in total. The molecule has 0 radical (unpaired) electrons. The fourth-order valence-corrected chi connectivity index (χ4v) is 3.54. The zero-order valence-corrected chi connectivity index (χ0v) is 15.8. The van der Waals surface area contributed by atoms with Crippen LogP contribution in [0, 0.1) is 0 Å². The quantitative estimate of drug-likeness (QED) is 0.602. The number of fused-ring (bicyclic) bond motifs is 2. The van der Waals surface area contributed by atoms with E-state index in [2.05, 4.69) is 0 Å². The second-order valence-corrected chi connectivity index (χ2v) is 6.92. The number of nitrogens with zero attached hydrogens (tertiary/aromatic N) is 1. The Morgan fingerprint density at radius 1 is 1.18 bits per heavy atom. The summed E-state index contributed by atoms with van der Waals surface area (Å²) in [6, 6.07) is 13.2. The van der Waals surface area contributed by atoms with Gasteiger partial charge < -0.3 is 19.1 Å². The van der Waals surface area contributed by atoms with E-state index in [1.807, 2.05) is 37.3 Å². The van der Waals surface area contributed by atoms with Crippen molar-refractivity contribution < 1.29 is 23.8 Å². The Balaban J connectivity index is 1.40. The van der Waals surface area contributed by atoms with E-state index in [0.717, 1.165) is 23.2 Å². The molecule has 0 aromatic heterocycles. The Morgan fingerprint density at radius 3 is 2.82 bits per heavy atom. The molecule has 144 valence electrons. The first-order chi connectivity index (χ1) is 13.5. The van der Waals surface area contributed by atoms with Gasteiger partial charge in [0.2, 0.25) is 6.79 Å². The molecule has 2 heterocycles. The molecule has 1 amide bonds. The number of hydrogen-bond acceptors (Lipinski definition) is 5. The van der Waals surface area contributed by atoms with Crippen molar-refractivity contribution in [2.75, 3.05) is 11.7 Å². The smallest absolute Gasteiger partial charge is 0.331 e. The number of esters is 1. The molecule has 6 heteroatoms.